The molecule has 0 N–H and O–H groups in total. The van der Waals surface area contributed by atoms with Crippen molar-refractivity contribution >= 4 is 23.1 Å². The zero-order chi connectivity index (χ0) is 6.57. The van der Waals surface area contributed by atoms with Gasteiger partial charge in [-0.25, -0.2) is 0 Å². The average molecular weight is 132 g/mol. The van der Waals surface area contributed by atoms with E-state index in [4.69, 9.17) is 0 Å². The molecule has 0 unspecified atom stereocenters. The summed E-state index contributed by atoms with van der Waals surface area (Å²) in [6, 6.07) is 0. The van der Waals surface area contributed by atoms with Gasteiger partial charge >= 0.3 is 5.97 Å². The van der Waals surface area contributed by atoms with Gasteiger partial charge in [0.15, 0.2) is 0 Å². The second kappa shape index (κ2) is 3.55. The Bertz CT molecular complexity index is 95.0. The van der Waals surface area contributed by atoms with Gasteiger partial charge < -0.3 is 4.74 Å². The number of hydrogen-bond donors (Lipinski definition) is 0. The number of carbonyl (C=O) groups excluding carboxylic acids is 1. The molecule has 0 radical (unpaired) electrons. The van der Waals surface area contributed by atoms with Crippen LogP contribution in [0.15, 0.2) is 0 Å². The molecular formula is C5H8O2S. The van der Waals surface area contributed by atoms with Crippen molar-refractivity contribution in [2.24, 2.45) is 0 Å². The lowest BCUT2D eigenvalue weighted by atomic mass is 10.5. The Kier molecular flexibility index (Phi) is 3.35. The smallest absolute Gasteiger partial charge is 0.302 e. The van der Waals surface area contributed by atoms with E-state index in [1.165, 1.54) is 6.92 Å². The fraction of sp³-hybridized carbons (Fsp3) is 0.600. The van der Waals surface area contributed by atoms with Crippen LogP contribution in [0.25, 0.3) is 0 Å². The molecular weight excluding hydrogens is 124 g/mol. The molecule has 0 aromatic carbocycles. The van der Waals surface area contributed by atoms with E-state index in [1.54, 1.807) is 6.92 Å². The monoisotopic (exact) mass is 132 g/mol. The van der Waals surface area contributed by atoms with Crippen LogP contribution in [0.3, 0.4) is 0 Å². The molecule has 0 fully saturated rings. The SMILES string of the molecule is CC(=O)OCC(C)=S. The zero-order valence-electron chi connectivity index (χ0n) is 4.93. The first-order chi connectivity index (χ1) is 3.63. The highest BCUT2D eigenvalue weighted by Gasteiger charge is 1.90. The number of thiocarbonyl (C=S) groups is 1. The van der Waals surface area contributed by atoms with E-state index >= 15 is 0 Å². The molecule has 0 saturated carbocycles. The minimum absolute atomic E-state index is 0.269. The van der Waals surface area contributed by atoms with Gasteiger partial charge in [-0.1, -0.05) is 12.2 Å². The lowest BCUT2D eigenvalue weighted by molar-refractivity contribution is -0.139. The van der Waals surface area contributed by atoms with Crippen molar-refractivity contribution in [3.05, 3.63) is 0 Å². The molecule has 0 atom stereocenters. The predicted octanol–water partition coefficient (Wildman–Crippen LogP) is 0.939. The maximum absolute atomic E-state index is 10.1. The molecule has 0 rings (SSSR count). The van der Waals surface area contributed by atoms with Gasteiger partial charge in [0.25, 0.3) is 0 Å². The van der Waals surface area contributed by atoms with Crippen LogP contribution in [-0.2, 0) is 9.53 Å². The molecule has 0 spiro atoms. The lowest BCUT2D eigenvalue weighted by Crippen LogP contribution is -2.05. The fourth-order valence-corrected chi connectivity index (χ4v) is 0.262. The Balaban J connectivity index is 3.18. The molecule has 8 heavy (non-hydrogen) atoms. The largest absolute Gasteiger partial charge is 0.460 e. The van der Waals surface area contributed by atoms with E-state index in [2.05, 4.69) is 17.0 Å². The van der Waals surface area contributed by atoms with E-state index in [0.29, 0.717) is 4.86 Å². The number of esters is 1. The van der Waals surface area contributed by atoms with Crippen LogP contribution in [0.1, 0.15) is 13.8 Å². The van der Waals surface area contributed by atoms with E-state index in [1.807, 2.05) is 0 Å². The van der Waals surface area contributed by atoms with Gasteiger partial charge in [0, 0.05) is 11.8 Å². The van der Waals surface area contributed by atoms with Gasteiger partial charge in [-0.3, -0.25) is 4.79 Å². The van der Waals surface area contributed by atoms with Gasteiger partial charge in [-0.15, -0.1) is 0 Å². The topological polar surface area (TPSA) is 26.3 Å². The highest BCUT2D eigenvalue weighted by molar-refractivity contribution is 7.80. The molecule has 0 aromatic rings. The first-order valence-electron chi connectivity index (χ1n) is 2.25. The second-order valence-electron chi connectivity index (χ2n) is 1.48. The van der Waals surface area contributed by atoms with Crippen molar-refractivity contribution < 1.29 is 9.53 Å². The summed E-state index contributed by atoms with van der Waals surface area (Å²) in [7, 11) is 0. The lowest BCUT2D eigenvalue weighted by Gasteiger charge is -1.95. The number of carbonyl (C=O) groups is 1. The maximum atomic E-state index is 10.1. The Morgan fingerprint density at radius 3 is 2.25 bits per heavy atom. The van der Waals surface area contributed by atoms with E-state index in [0.717, 1.165) is 0 Å². The molecule has 3 heteroatoms. The van der Waals surface area contributed by atoms with E-state index < -0.39 is 0 Å². The molecule has 0 aliphatic rings. The van der Waals surface area contributed by atoms with Crippen LogP contribution in [-0.4, -0.2) is 17.4 Å². The summed E-state index contributed by atoms with van der Waals surface area (Å²) in [4.78, 5) is 10.8. The van der Waals surface area contributed by atoms with Crippen LogP contribution in [0.4, 0.5) is 0 Å². The molecule has 46 valence electrons. The van der Waals surface area contributed by atoms with Crippen molar-refractivity contribution in [3.63, 3.8) is 0 Å². The van der Waals surface area contributed by atoms with E-state index in [-0.39, 0.29) is 12.6 Å². The van der Waals surface area contributed by atoms with Crippen molar-refractivity contribution in [1.82, 2.24) is 0 Å². The third kappa shape index (κ3) is 5.56. The summed E-state index contributed by atoms with van der Waals surface area (Å²) < 4.78 is 4.52. The molecule has 0 amide bonds. The molecule has 0 aromatic heterocycles. The van der Waals surface area contributed by atoms with Crippen molar-refractivity contribution in [1.29, 1.82) is 0 Å². The Morgan fingerprint density at radius 2 is 2.12 bits per heavy atom. The molecule has 0 heterocycles. The summed E-state index contributed by atoms with van der Waals surface area (Å²) in [5.74, 6) is -0.283. The molecule has 0 aliphatic heterocycles. The van der Waals surface area contributed by atoms with Crippen LogP contribution < -0.4 is 0 Å². The predicted molar refractivity (Wildman–Crippen MR) is 34.9 cm³/mol. The van der Waals surface area contributed by atoms with Gasteiger partial charge in [-0.2, -0.15) is 0 Å². The zero-order valence-corrected chi connectivity index (χ0v) is 5.75. The first-order valence-corrected chi connectivity index (χ1v) is 2.66. The molecule has 0 aliphatic carbocycles. The Labute approximate surface area is 53.8 Å². The van der Waals surface area contributed by atoms with Gasteiger partial charge in [-0.05, 0) is 6.92 Å². The first kappa shape index (κ1) is 7.56. The quantitative estimate of drug-likeness (QED) is 0.413. The van der Waals surface area contributed by atoms with Crippen molar-refractivity contribution in [2.45, 2.75) is 13.8 Å². The summed E-state index contributed by atoms with van der Waals surface area (Å²) in [6.07, 6.45) is 0. The summed E-state index contributed by atoms with van der Waals surface area (Å²) >= 11 is 4.64. The standard InChI is InChI=1S/C5H8O2S/c1-4(8)3-7-5(2)6/h3H2,1-2H3. The van der Waals surface area contributed by atoms with Crippen molar-refractivity contribution in [3.8, 4) is 0 Å². The van der Waals surface area contributed by atoms with Crippen LogP contribution in [0.5, 0.6) is 0 Å². The summed E-state index contributed by atoms with van der Waals surface area (Å²) in [5, 5.41) is 0. The Morgan fingerprint density at radius 1 is 1.62 bits per heavy atom. The average Bonchev–Trinajstić information content (AvgIpc) is 1.61. The Hall–Kier alpha value is -0.440. The highest BCUT2D eigenvalue weighted by atomic mass is 32.1. The third-order valence-corrected chi connectivity index (χ3v) is 0.597. The van der Waals surface area contributed by atoms with E-state index in [9.17, 15) is 4.79 Å². The van der Waals surface area contributed by atoms with Gasteiger partial charge in [0.2, 0.25) is 0 Å². The number of rotatable bonds is 2. The normalized spacial score (nSPS) is 8.25. The minimum Gasteiger partial charge on any atom is -0.460 e. The van der Waals surface area contributed by atoms with Crippen molar-refractivity contribution in [2.75, 3.05) is 6.61 Å². The van der Waals surface area contributed by atoms with Crippen LogP contribution in [0, 0.1) is 0 Å². The molecule has 2 nitrogen and oxygen atoms in total. The minimum atomic E-state index is -0.283. The summed E-state index contributed by atoms with van der Waals surface area (Å²) in [5.41, 5.74) is 0. The third-order valence-electron chi connectivity index (χ3n) is 0.479. The highest BCUT2D eigenvalue weighted by Crippen LogP contribution is 1.79. The maximum Gasteiger partial charge on any atom is 0.302 e. The number of ether oxygens (including phenoxy) is 1. The number of hydrogen-bond acceptors (Lipinski definition) is 3. The van der Waals surface area contributed by atoms with Gasteiger partial charge in [0.05, 0.1) is 0 Å². The van der Waals surface area contributed by atoms with Crippen LogP contribution in [0.2, 0.25) is 0 Å². The second-order valence-corrected chi connectivity index (χ2v) is 2.18. The van der Waals surface area contributed by atoms with Crippen LogP contribution >= 0.6 is 12.2 Å². The molecule has 0 saturated heterocycles. The van der Waals surface area contributed by atoms with Gasteiger partial charge in [0.1, 0.15) is 6.61 Å². The molecule has 0 bridgehead atoms. The fourth-order valence-electron chi connectivity index (χ4n) is 0.203. The summed E-state index contributed by atoms with van der Waals surface area (Å²) in [6.45, 7) is 3.36.